The van der Waals surface area contributed by atoms with E-state index in [0.717, 1.165) is 12.0 Å². The van der Waals surface area contributed by atoms with Gasteiger partial charge in [-0.15, -0.1) is 0 Å². The van der Waals surface area contributed by atoms with Gasteiger partial charge in [0, 0.05) is 18.1 Å². The highest BCUT2D eigenvalue weighted by Crippen LogP contribution is 2.11. The van der Waals surface area contributed by atoms with Crippen molar-refractivity contribution < 1.29 is 14.3 Å². The molecule has 1 aromatic carbocycles. The Morgan fingerprint density at radius 2 is 1.90 bits per heavy atom. The molecule has 0 aliphatic heterocycles. The number of methoxy groups -OCH3 is 1. The normalized spacial score (nSPS) is 10.5. The molecule has 0 bridgehead atoms. The lowest BCUT2D eigenvalue weighted by Gasteiger charge is -2.20. The van der Waals surface area contributed by atoms with Crippen LogP contribution in [-0.4, -0.2) is 43.5 Å². The fraction of sp³-hybridized carbons (Fsp3) is 0.467. The van der Waals surface area contributed by atoms with Crippen LogP contribution in [0.5, 0.6) is 0 Å². The van der Waals surface area contributed by atoms with E-state index in [1.165, 1.54) is 7.11 Å². The first-order chi connectivity index (χ1) is 10.0. The summed E-state index contributed by atoms with van der Waals surface area (Å²) in [6, 6.07) is 7.31. The van der Waals surface area contributed by atoms with Crippen molar-refractivity contribution in [1.82, 2.24) is 10.2 Å². The molecule has 0 fully saturated rings. The van der Waals surface area contributed by atoms with Gasteiger partial charge in [0.2, 0.25) is 5.91 Å². The topological polar surface area (TPSA) is 58.6 Å². The number of benzene rings is 1. The summed E-state index contributed by atoms with van der Waals surface area (Å²) >= 11 is 5.84. The maximum absolute atomic E-state index is 11.8. The second-order valence-electron chi connectivity index (χ2n) is 4.70. The second-order valence-corrected chi connectivity index (χ2v) is 5.13. The predicted molar refractivity (Wildman–Crippen MR) is 82.0 cm³/mol. The smallest absolute Gasteiger partial charge is 0.319 e. The van der Waals surface area contributed by atoms with Gasteiger partial charge in [-0.25, -0.2) is 0 Å². The number of carbonyl (C=O) groups excluding carboxylic acids is 2. The molecular formula is C15H21ClN2O3. The van der Waals surface area contributed by atoms with Crippen molar-refractivity contribution in [3.8, 4) is 0 Å². The van der Waals surface area contributed by atoms with Gasteiger partial charge < -0.3 is 10.1 Å². The summed E-state index contributed by atoms with van der Waals surface area (Å²) in [5, 5.41) is 3.45. The number of nitrogens with one attached hydrogen (secondary N) is 1. The zero-order valence-corrected chi connectivity index (χ0v) is 13.2. The Labute approximate surface area is 130 Å². The summed E-state index contributed by atoms with van der Waals surface area (Å²) in [6.45, 7) is 3.31. The molecule has 21 heavy (non-hydrogen) atoms. The molecule has 116 valence electrons. The highest BCUT2D eigenvalue weighted by molar-refractivity contribution is 6.30. The molecule has 1 rings (SSSR count). The number of hydrogen-bond acceptors (Lipinski definition) is 4. The summed E-state index contributed by atoms with van der Waals surface area (Å²) in [5.41, 5.74) is 0.978. The lowest BCUT2D eigenvalue weighted by Crippen LogP contribution is -2.39. The van der Waals surface area contributed by atoms with Crippen molar-refractivity contribution >= 4 is 23.5 Å². The average molecular weight is 313 g/mol. The van der Waals surface area contributed by atoms with E-state index in [-0.39, 0.29) is 25.0 Å². The Balaban J connectivity index is 2.65. The van der Waals surface area contributed by atoms with Crippen LogP contribution in [0.4, 0.5) is 0 Å². The number of carbonyl (C=O) groups is 2. The van der Waals surface area contributed by atoms with Crippen LogP contribution in [0.2, 0.25) is 5.02 Å². The van der Waals surface area contributed by atoms with Gasteiger partial charge in [0.15, 0.2) is 0 Å². The molecule has 0 atom stereocenters. The van der Waals surface area contributed by atoms with Gasteiger partial charge in [-0.3, -0.25) is 14.5 Å². The third kappa shape index (κ3) is 7.11. The second kappa shape index (κ2) is 9.37. The maximum atomic E-state index is 11.8. The largest absolute Gasteiger partial charge is 0.468 e. The van der Waals surface area contributed by atoms with Crippen LogP contribution >= 0.6 is 11.6 Å². The van der Waals surface area contributed by atoms with Gasteiger partial charge in [-0.2, -0.15) is 0 Å². The van der Waals surface area contributed by atoms with E-state index in [0.29, 0.717) is 18.1 Å². The van der Waals surface area contributed by atoms with Crippen LogP contribution in [-0.2, 0) is 20.9 Å². The monoisotopic (exact) mass is 312 g/mol. The fourth-order valence-corrected chi connectivity index (χ4v) is 1.91. The lowest BCUT2D eigenvalue weighted by molar-refractivity contribution is -0.142. The van der Waals surface area contributed by atoms with Crippen LogP contribution in [0.15, 0.2) is 24.3 Å². The molecule has 0 radical (unpaired) electrons. The SMILES string of the molecule is CCCNC(=O)CN(CC(=O)OC)Cc1ccc(Cl)cc1. The number of esters is 1. The molecule has 0 spiro atoms. The highest BCUT2D eigenvalue weighted by Gasteiger charge is 2.15. The van der Waals surface area contributed by atoms with E-state index < -0.39 is 0 Å². The molecule has 0 aliphatic rings. The number of rotatable bonds is 8. The number of nitrogens with zero attached hydrogens (tertiary/aromatic N) is 1. The van der Waals surface area contributed by atoms with Gasteiger partial charge >= 0.3 is 5.97 Å². The maximum Gasteiger partial charge on any atom is 0.319 e. The number of halogens is 1. The van der Waals surface area contributed by atoms with Crippen molar-refractivity contribution in [3.63, 3.8) is 0 Å². The molecule has 1 N–H and O–H groups in total. The van der Waals surface area contributed by atoms with Crippen molar-refractivity contribution in [2.75, 3.05) is 26.7 Å². The van der Waals surface area contributed by atoms with Crippen molar-refractivity contribution in [3.05, 3.63) is 34.9 Å². The molecule has 0 saturated heterocycles. The Kier molecular flexibility index (Phi) is 7.79. The van der Waals surface area contributed by atoms with Gasteiger partial charge in [0.1, 0.15) is 0 Å². The molecule has 1 amide bonds. The van der Waals surface area contributed by atoms with Crippen LogP contribution in [0.3, 0.4) is 0 Å². The molecule has 0 saturated carbocycles. The first-order valence-corrected chi connectivity index (χ1v) is 7.23. The van der Waals surface area contributed by atoms with E-state index in [2.05, 4.69) is 10.1 Å². The van der Waals surface area contributed by atoms with Crippen LogP contribution in [0, 0.1) is 0 Å². The highest BCUT2D eigenvalue weighted by atomic mass is 35.5. The zero-order chi connectivity index (χ0) is 15.7. The third-order valence-corrected chi connectivity index (χ3v) is 3.09. The van der Waals surface area contributed by atoms with Crippen LogP contribution < -0.4 is 5.32 Å². The zero-order valence-electron chi connectivity index (χ0n) is 12.4. The van der Waals surface area contributed by atoms with Gasteiger partial charge in [0.05, 0.1) is 20.2 Å². The van der Waals surface area contributed by atoms with E-state index in [9.17, 15) is 9.59 Å². The van der Waals surface area contributed by atoms with E-state index in [4.69, 9.17) is 11.6 Å². The Bertz CT molecular complexity index is 462. The first-order valence-electron chi connectivity index (χ1n) is 6.85. The number of hydrogen-bond donors (Lipinski definition) is 1. The average Bonchev–Trinajstić information content (AvgIpc) is 2.47. The van der Waals surface area contributed by atoms with Crippen LogP contribution in [0.1, 0.15) is 18.9 Å². The molecule has 0 aromatic heterocycles. The third-order valence-electron chi connectivity index (χ3n) is 2.84. The number of amides is 1. The standard InChI is InChI=1S/C15H21ClN2O3/c1-3-8-17-14(19)10-18(11-15(20)21-2)9-12-4-6-13(16)7-5-12/h4-7H,3,8-11H2,1-2H3,(H,17,19). The van der Waals surface area contributed by atoms with Crippen molar-refractivity contribution in [2.45, 2.75) is 19.9 Å². The summed E-state index contributed by atoms with van der Waals surface area (Å²) in [7, 11) is 1.33. The lowest BCUT2D eigenvalue weighted by atomic mass is 10.2. The Morgan fingerprint density at radius 3 is 2.48 bits per heavy atom. The number of ether oxygens (including phenoxy) is 1. The minimum atomic E-state index is -0.368. The Hall–Kier alpha value is -1.59. The minimum Gasteiger partial charge on any atom is -0.468 e. The Morgan fingerprint density at radius 1 is 1.24 bits per heavy atom. The summed E-state index contributed by atoms with van der Waals surface area (Å²) in [4.78, 5) is 25.0. The van der Waals surface area contributed by atoms with Crippen LogP contribution in [0.25, 0.3) is 0 Å². The summed E-state index contributed by atoms with van der Waals surface area (Å²) in [5.74, 6) is -0.470. The summed E-state index contributed by atoms with van der Waals surface area (Å²) < 4.78 is 4.67. The molecule has 1 aromatic rings. The van der Waals surface area contributed by atoms with E-state index >= 15 is 0 Å². The molecule has 0 aliphatic carbocycles. The van der Waals surface area contributed by atoms with Gasteiger partial charge in [-0.1, -0.05) is 30.7 Å². The van der Waals surface area contributed by atoms with Crippen molar-refractivity contribution in [1.29, 1.82) is 0 Å². The molecule has 0 unspecified atom stereocenters. The molecule has 5 nitrogen and oxygen atoms in total. The van der Waals surface area contributed by atoms with E-state index in [1.54, 1.807) is 17.0 Å². The molecule has 0 heterocycles. The predicted octanol–water partition coefficient (Wildman–Crippen LogP) is 1.84. The van der Waals surface area contributed by atoms with Gasteiger partial charge in [0.25, 0.3) is 0 Å². The van der Waals surface area contributed by atoms with Gasteiger partial charge in [-0.05, 0) is 24.1 Å². The first kappa shape index (κ1) is 17.5. The molecule has 6 heteroatoms. The fourth-order valence-electron chi connectivity index (χ4n) is 1.79. The van der Waals surface area contributed by atoms with E-state index in [1.807, 2.05) is 19.1 Å². The quantitative estimate of drug-likeness (QED) is 0.744. The van der Waals surface area contributed by atoms with Crippen molar-refractivity contribution in [2.24, 2.45) is 0 Å². The molecular weight excluding hydrogens is 292 g/mol. The minimum absolute atomic E-state index is 0.0681. The summed E-state index contributed by atoms with van der Waals surface area (Å²) in [6.07, 6.45) is 0.875.